The van der Waals surface area contributed by atoms with Crippen LogP contribution in [0.4, 0.5) is 0 Å². The first-order valence-corrected chi connectivity index (χ1v) is 8.87. The summed E-state index contributed by atoms with van der Waals surface area (Å²) >= 11 is 3.27. The highest BCUT2D eigenvalue weighted by Gasteiger charge is 2.22. The highest BCUT2D eigenvalue weighted by molar-refractivity contribution is 9.10. The number of halogens is 1. The molecule has 1 aromatic rings. The first-order chi connectivity index (χ1) is 9.77. The quantitative estimate of drug-likeness (QED) is 0.848. The predicted molar refractivity (Wildman–Crippen MR) is 83.0 cm³/mol. The normalized spacial score (nSPS) is 20.5. The molecule has 2 rings (SSSR count). The molecule has 8 heteroatoms. The third-order valence-corrected chi connectivity index (χ3v) is 4.64. The molecule has 0 spiro atoms. The molecule has 2 N–H and O–H groups in total. The van der Waals surface area contributed by atoms with Crippen LogP contribution in [0, 0.1) is 6.92 Å². The minimum absolute atomic E-state index is 0.0152. The van der Waals surface area contributed by atoms with Crippen LogP contribution in [-0.2, 0) is 14.8 Å². The Morgan fingerprint density at radius 2 is 2.24 bits per heavy atom. The van der Waals surface area contributed by atoms with Gasteiger partial charge in [-0.2, -0.15) is 0 Å². The number of ether oxygens (including phenoxy) is 2. The molecule has 0 saturated carbocycles. The molecular weight excluding hydrogens is 360 g/mol. The number of hydrogen-bond acceptors (Lipinski definition) is 5. The van der Waals surface area contributed by atoms with Gasteiger partial charge in [-0.25, -0.2) is 13.6 Å². The van der Waals surface area contributed by atoms with Gasteiger partial charge >= 0.3 is 0 Å². The van der Waals surface area contributed by atoms with Gasteiger partial charge in [0.05, 0.1) is 6.61 Å². The van der Waals surface area contributed by atoms with Crippen LogP contribution in [0.15, 0.2) is 21.5 Å². The van der Waals surface area contributed by atoms with Crippen molar-refractivity contribution in [1.29, 1.82) is 0 Å². The molecule has 1 heterocycles. The SMILES string of the molecule is Cc1cc(Br)cc(S(N)(=O)=O)c1OCC1CN(C)CCO1. The number of likely N-dealkylation sites (N-methyl/N-ethyl adjacent to an activating group) is 1. The Bertz CT molecular complexity index is 621. The molecule has 1 aromatic carbocycles. The first-order valence-electron chi connectivity index (χ1n) is 6.53. The summed E-state index contributed by atoms with van der Waals surface area (Å²) in [5.74, 6) is 0.289. The molecule has 1 unspecified atom stereocenters. The molecule has 1 saturated heterocycles. The van der Waals surface area contributed by atoms with Gasteiger partial charge in [-0.1, -0.05) is 15.9 Å². The summed E-state index contributed by atoms with van der Waals surface area (Å²) in [6.07, 6.45) is -0.0832. The summed E-state index contributed by atoms with van der Waals surface area (Å²) in [5.41, 5.74) is 0.706. The van der Waals surface area contributed by atoms with Crippen molar-refractivity contribution in [2.45, 2.75) is 17.9 Å². The fourth-order valence-electron chi connectivity index (χ4n) is 2.24. The summed E-state index contributed by atoms with van der Waals surface area (Å²) in [4.78, 5) is 2.13. The fourth-order valence-corrected chi connectivity index (χ4v) is 3.73. The second kappa shape index (κ2) is 6.62. The summed E-state index contributed by atoms with van der Waals surface area (Å²) < 4.78 is 35.3. The van der Waals surface area contributed by atoms with Crippen molar-refractivity contribution in [2.24, 2.45) is 5.14 Å². The monoisotopic (exact) mass is 378 g/mol. The van der Waals surface area contributed by atoms with Crippen LogP contribution in [0.2, 0.25) is 0 Å². The van der Waals surface area contributed by atoms with Crippen LogP contribution in [0.25, 0.3) is 0 Å². The molecule has 0 radical (unpaired) electrons. The number of hydrogen-bond donors (Lipinski definition) is 1. The van der Waals surface area contributed by atoms with E-state index in [9.17, 15) is 8.42 Å². The topological polar surface area (TPSA) is 81.9 Å². The molecule has 1 fully saturated rings. The zero-order chi connectivity index (χ0) is 15.6. The van der Waals surface area contributed by atoms with E-state index in [-0.39, 0.29) is 23.4 Å². The van der Waals surface area contributed by atoms with Crippen molar-refractivity contribution < 1.29 is 17.9 Å². The van der Waals surface area contributed by atoms with Crippen LogP contribution in [0.5, 0.6) is 5.75 Å². The zero-order valence-corrected chi connectivity index (χ0v) is 14.4. The summed E-state index contributed by atoms with van der Waals surface area (Å²) in [6, 6.07) is 3.24. The third-order valence-electron chi connectivity index (χ3n) is 3.27. The Labute approximate surface area is 133 Å². The van der Waals surface area contributed by atoms with Gasteiger partial charge in [0.15, 0.2) is 0 Å². The molecule has 0 bridgehead atoms. The standard InChI is InChI=1S/C13H19BrN2O4S/c1-9-5-10(14)6-12(21(15,17)18)13(9)20-8-11-7-16(2)3-4-19-11/h5-6,11H,3-4,7-8H2,1-2H3,(H2,15,17,18). The van der Waals surface area contributed by atoms with Crippen molar-refractivity contribution >= 4 is 26.0 Å². The average Bonchev–Trinajstić information content (AvgIpc) is 2.36. The lowest BCUT2D eigenvalue weighted by atomic mass is 10.2. The minimum Gasteiger partial charge on any atom is -0.489 e. The number of sulfonamides is 1. The second-order valence-corrected chi connectivity index (χ2v) is 7.61. The summed E-state index contributed by atoms with van der Waals surface area (Å²) in [6.45, 7) is 4.35. The van der Waals surface area contributed by atoms with Crippen molar-refractivity contribution in [3.8, 4) is 5.75 Å². The summed E-state index contributed by atoms with van der Waals surface area (Å²) in [7, 11) is -1.84. The van der Waals surface area contributed by atoms with Gasteiger partial charge in [0, 0.05) is 17.6 Å². The Hall–Kier alpha value is -0.670. The van der Waals surface area contributed by atoms with Crippen molar-refractivity contribution in [3.05, 3.63) is 22.2 Å². The van der Waals surface area contributed by atoms with E-state index in [2.05, 4.69) is 20.8 Å². The lowest BCUT2D eigenvalue weighted by Crippen LogP contribution is -2.42. The molecular formula is C13H19BrN2O4S. The van der Waals surface area contributed by atoms with E-state index < -0.39 is 10.0 Å². The van der Waals surface area contributed by atoms with Gasteiger partial charge in [0.1, 0.15) is 23.4 Å². The van der Waals surface area contributed by atoms with Gasteiger partial charge in [0.2, 0.25) is 10.0 Å². The maximum Gasteiger partial charge on any atom is 0.241 e. The van der Waals surface area contributed by atoms with Gasteiger partial charge in [-0.05, 0) is 31.7 Å². The number of nitrogens with two attached hydrogens (primary N) is 1. The van der Waals surface area contributed by atoms with E-state index in [1.807, 2.05) is 7.05 Å². The van der Waals surface area contributed by atoms with Crippen molar-refractivity contribution in [2.75, 3.05) is 33.4 Å². The van der Waals surface area contributed by atoms with E-state index in [0.29, 0.717) is 16.6 Å². The smallest absolute Gasteiger partial charge is 0.241 e. The van der Waals surface area contributed by atoms with E-state index in [4.69, 9.17) is 14.6 Å². The lowest BCUT2D eigenvalue weighted by molar-refractivity contribution is -0.0408. The highest BCUT2D eigenvalue weighted by Crippen LogP contribution is 2.31. The van der Waals surface area contributed by atoms with E-state index in [1.54, 1.807) is 13.0 Å². The predicted octanol–water partition coefficient (Wildman–Crippen LogP) is 1.11. The maximum atomic E-state index is 11.7. The molecule has 1 atom stereocenters. The molecule has 0 aromatic heterocycles. The minimum atomic E-state index is -3.85. The molecule has 118 valence electrons. The van der Waals surface area contributed by atoms with Crippen molar-refractivity contribution in [1.82, 2.24) is 4.90 Å². The molecule has 6 nitrogen and oxygen atoms in total. The number of benzene rings is 1. The molecule has 1 aliphatic heterocycles. The summed E-state index contributed by atoms with van der Waals surface area (Å²) in [5, 5.41) is 5.26. The lowest BCUT2D eigenvalue weighted by Gasteiger charge is -2.30. The maximum absolute atomic E-state index is 11.7. The second-order valence-electron chi connectivity index (χ2n) is 5.16. The van der Waals surface area contributed by atoms with Crippen LogP contribution >= 0.6 is 15.9 Å². The number of rotatable bonds is 4. The van der Waals surface area contributed by atoms with Crippen molar-refractivity contribution in [3.63, 3.8) is 0 Å². The Balaban J connectivity index is 2.19. The van der Waals surface area contributed by atoms with Crippen LogP contribution in [0.1, 0.15) is 5.56 Å². The average molecular weight is 379 g/mol. The number of nitrogens with zero attached hydrogens (tertiary/aromatic N) is 1. The van der Waals surface area contributed by atoms with Crippen LogP contribution < -0.4 is 9.88 Å². The first kappa shape index (κ1) is 16.7. The van der Waals surface area contributed by atoms with Crippen LogP contribution in [-0.4, -0.2) is 52.8 Å². The van der Waals surface area contributed by atoms with Gasteiger partial charge in [-0.15, -0.1) is 0 Å². The molecule has 21 heavy (non-hydrogen) atoms. The largest absolute Gasteiger partial charge is 0.489 e. The molecule has 1 aliphatic rings. The van der Waals surface area contributed by atoms with E-state index in [0.717, 1.165) is 13.1 Å². The van der Waals surface area contributed by atoms with Gasteiger partial charge < -0.3 is 14.4 Å². The third kappa shape index (κ3) is 4.40. The van der Waals surface area contributed by atoms with E-state index >= 15 is 0 Å². The Kier molecular flexibility index (Phi) is 5.26. The number of primary sulfonamides is 1. The Morgan fingerprint density at radius 1 is 1.52 bits per heavy atom. The fraction of sp³-hybridized carbons (Fsp3) is 0.538. The van der Waals surface area contributed by atoms with E-state index in [1.165, 1.54) is 6.07 Å². The number of aryl methyl sites for hydroxylation is 1. The highest BCUT2D eigenvalue weighted by atomic mass is 79.9. The zero-order valence-electron chi connectivity index (χ0n) is 12.0. The molecule has 0 amide bonds. The number of morpholine rings is 1. The Morgan fingerprint density at radius 3 is 2.86 bits per heavy atom. The van der Waals surface area contributed by atoms with Gasteiger partial charge in [-0.3, -0.25) is 0 Å². The molecule has 0 aliphatic carbocycles. The van der Waals surface area contributed by atoms with Crippen LogP contribution in [0.3, 0.4) is 0 Å². The van der Waals surface area contributed by atoms with Gasteiger partial charge in [0.25, 0.3) is 0 Å².